The lowest BCUT2D eigenvalue weighted by Crippen LogP contribution is -2.16. The van der Waals surface area contributed by atoms with Crippen LogP contribution in [0.3, 0.4) is 0 Å². The highest BCUT2D eigenvalue weighted by Gasteiger charge is 2.20. The van der Waals surface area contributed by atoms with Gasteiger partial charge in [-0.05, 0) is 18.4 Å². The average Bonchev–Trinajstić information content (AvgIpc) is 2.15. The van der Waals surface area contributed by atoms with Gasteiger partial charge in [0.2, 0.25) is 0 Å². The summed E-state index contributed by atoms with van der Waals surface area (Å²) in [6.45, 7) is 0. The first kappa shape index (κ1) is 9.71. The molecule has 1 aliphatic carbocycles. The second kappa shape index (κ2) is 4.60. The molecule has 1 N–H and O–H groups in total. The Morgan fingerprint density at radius 3 is 2.85 bits per heavy atom. The molecule has 0 radical (unpaired) electrons. The van der Waals surface area contributed by atoms with Crippen LogP contribution in [0.15, 0.2) is 23.8 Å². The molecular formula is C10H12O3. The lowest BCUT2D eigenvalue weighted by Gasteiger charge is -2.12. The number of carbonyl (C=O) groups excluding carboxylic acids is 1. The molecule has 0 bridgehead atoms. The van der Waals surface area contributed by atoms with Gasteiger partial charge >= 0.3 is 5.97 Å². The molecule has 0 fully saturated rings. The summed E-state index contributed by atoms with van der Waals surface area (Å²) in [5.41, 5.74) is 0.755. The minimum Gasteiger partial charge on any atom is -0.481 e. The van der Waals surface area contributed by atoms with Gasteiger partial charge in [-0.1, -0.05) is 18.2 Å². The molecule has 13 heavy (non-hydrogen) atoms. The summed E-state index contributed by atoms with van der Waals surface area (Å²) < 4.78 is 0. The van der Waals surface area contributed by atoms with Gasteiger partial charge in [-0.3, -0.25) is 4.79 Å². The number of carboxylic acid groups (broad SMARTS) is 1. The van der Waals surface area contributed by atoms with Crippen molar-refractivity contribution in [3.63, 3.8) is 0 Å². The molecule has 3 nitrogen and oxygen atoms in total. The van der Waals surface area contributed by atoms with Crippen molar-refractivity contribution in [1.82, 2.24) is 0 Å². The molecule has 70 valence electrons. The smallest absolute Gasteiger partial charge is 0.311 e. The van der Waals surface area contributed by atoms with Crippen molar-refractivity contribution in [1.29, 1.82) is 0 Å². The Bertz CT molecular complexity index is 263. The Morgan fingerprint density at radius 1 is 1.62 bits per heavy atom. The Morgan fingerprint density at radius 2 is 2.38 bits per heavy atom. The molecule has 0 aromatic carbocycles. The van der Waals surface area contributed by atoms with Gasteiger partial charge in [0.15, 0.2) is 0 Å². The SMILES string of the molecule is O=CC[C@@H](C(=O)O)C1=CCCC=C1. The van der Waals surface area contributed by atoms with Gasteiger partial charge in [-0.15, -0.1) is 0 Å². The number of aliphatic carboxylic acids is 1. The Kier molecular flexibility index (Phi) is 3.43. The molecule has 0 aromatic rings. The van der Waals surface area contributed by atoms with Gasteiger partial charge in [0, 0.05) is 6.42 Å². The molecule has 0 saturated heterocycles. The summed E-state index contributed by atoms with van der Waals surface area (Å²) in [7, 11) is 0. The van der Waals surface area contributed by atoms with Crippen LogP contribution < -0.4 is 0 Å². The number of rotatable bonds is 4. The van der Waals surface area contributed by atoms with Crippen LogP contribution in [-0.4, -0.2) is 17.4 Å². The maximum Gasteiger partial charge on any atom is 0.311 e. The summed E-state index contributed by atoms with van der Waals surface area (Å²) in [5.74, 6) is -1.58. The fraction of sp³-hybridized carbons (Fsp3) is 0.400. The van der Waals surface area contributed by atoms with Crippen LogP contribution in [0.5, 0.6) is 0 Å². The summed E-state index contributed by atoms with van der Waals surface area (Å²) >= 11 is 0. The molecule has 3 heteroatoms. The lowest BCUT2D eigenvalue weighted by molar-refractivity contribution is -0.141. The van der Waals surface area contributed by atoms with Crippen LogP contribution in [0.25, 0.3) is 0 Å². The number of carboxylic acids is 1. The van der Waals surface area contributed by atoms with Crippen LogP contribution in [-0.2, 0) is 9.59 Å². The summed E-state index contributed by atoms with van der Waals surface area (Å²) in [4.78, 5) is 21.0. The van der Waals surface area contributed by atoms with Crippen molar-refractivity contribution in [2.24, 2.45) is 5.92 Å². The summed E-state index contributed by atoms with van der Waals surface area (Å²) in [6, 6.07) is 0. The van der Waals surface area contributed by atoms with Gasteiger partial charge < -0.3 is 9.90 Å². The summed E-state index contributed by atoms with van der Waals surface area (Å²) in [5, 5.41) is 8.82. The fourth-order valence-corrected chi connectivity index (χ4v) is 1.37. The van der Waals surface area contributed by atoms with E-state index >= 15 is 0 Å². The third-order valence-electron chi connectivity index (χ3n) is 2.06. The standard InChI is InChI=1S/C10H12O3/c11-7-6-9(10(12)13)8-4-2-1-3-5-8/h2,4-5,7,9H,1,3,6H2,(H,12,13)/t9-/m1/s1. The molecular weight excluding hydrogens is 168 g/mol. The number of aldehydes is 1. The van der Waals surface area contributed by atoms with E-state index in [4.69, 9.17) is 5.11 Å². The topological polar surface area (TPSA) is 54.4 Å². The number of carbonyl (C=O) groups is 2. The molecule has 0 unspecified atom stereocenters. The highest BCUT2D eigenvalue weighted by molar-refractivity contribution is 5.77. The van der Waals surface area contributed by atoms with Gasteiger partial charge in [0.25, 0.3) is 0 Å². The predicted octanol–water partition coefficient (Wildman–Crippen LogP) is 1.55. The van der Waals surface area contributed by atoms with Crippen LogP contribution >= 0.6 is 0 Å². The molecule has 1 aliphatic rings. The third-order valence-corrected chi connectivity index (χ3v) is 2.06. The first-order valence-corrected chi connectivity index (χ1v) is 4.28. The summed E-state index contributed by atoms with van der Waals surface area (Å²) in [6.07, 6.45) is 8.17. The molecule has 0 aliphatic heterocycles. The quantitative estimate of drug-likeness (QED) is 0.668. The second-order valence-electron chi connectivity index (χ2n) is 2.98. The number of allylic oxidation sites excluding steroid dienone is 3. The van der Waals surface area contributed by atoms with E-state index in [1.54, 1.807) is 6.08 Å². The number of hydrogen-bond acceptors (Lipinski definition) is 2. The van der Waals surface area contributed by atoms with E-state index in [2.05, 4.69) is 0 Å². The van der Waals surface area contributed by atoms with Crippen molar-refractivity contribution < 1.29 is 14.7 Å². The Hall–Kier alpha value is -1.38. The van der Waals surface area contributed by atoms with Crippen LogP contribution in [0.1, 0.15) is 19.3 Å². The lowest BCUT2D eigenvalue weighted by atomic mass is 9.92. The monoisotopic (exact) mass is 180 g/mol. The second-order valence-corrected chi connectivity index (χ2v) is 2.98. The predicted molar refractivity (Wildman–Crippen MR) is 48.3 cm³/mol. The number of hydrogen-bond donors (Lipinski definition) is 1. The van der Waals surface area contributed by atoms with Crippen molar-refractivity contribution in [3.05, 3.63) is 23.8 Å². The first-order chi connectivity index (χ1) is 6.25. The van der Waals surface area contributed by atoms with E-state index in [0.717, 1.165) is 18.4 Å². The van der Waals surface area contributed by atoms with Gasteiger partial charge in [-0.25, -0.2) is 0 Å². The van der Waals surface area contributed by atoms with Crippen molar-refractivity contribution >= 4 is 12.3 Å². The normalized spacial score (nSPS) is 17.7. The maximum atomic E-state index is 10.8. The molecule has 0 amide bonds. The maximum absolute atomic E-state index is 10.8. The highest BCUT2D eigenvalue weighted by atomic mass is 16.4. The Labute approximate surface area is 76.8 Å². The van der Waals surface area contributed by atoms with E-state index in [0.29, 0.717) is 6.29 Å². The van der Waals surface area contributed by atoms with Crippen LogP contribution in [0.4, 0.5) is 0 Å². The van der Waals surface area contributed by atoms with Crippen molar-refractivity contribution in [3.8, 4) is 0 Å². The minimum atomic E-state index is -0.926. The van der Waals surface area contributed by atoms with Crippen LogP contribution in [0.2, 0.25) is 0 Å². The first-order valence-electron chi connectivity index (χ1n) is 4.28. The van der Waals surface area contributed by atoms with E-state index in [9.17, 15) is 9.59 Å². The van der Waals surface area contributed by atoms with E-state index in [-0.39, 0.29) is 6.42 Å². The fourth-order valence-electron chi connectivity index (χ4n) is 1.37. The largest absolute Gasteiger partial charge is 0.481 e. The van der Waals surface area contributed by atoms with Gasteiger partial charge in [-0.2, -0.15) is 0 Å². The minimum absolute atomic E-state index is 0.0610. The van der Waals surface area contributed by atoms with E-state index in [1.165, 1.54) is 0 Å². The molecule has 0 spiro atoms. The van der Waals surface area contributed by atoms with Crippen molar-refractivity contribution in [2.45, 2.75) is 19.3 Å². The average molecular weight is 180 g/mol. The molecule has 0 saturated carbocycles. The zero-order valence-electron chi connectivity index (χ0n) is 7.27. The zero-order chi connectivity index (χ0) is 9.68. The molecule has 1 rings (SSSR count). The Balaban J connectivity index is 2.74. The molecule has 1 atom stereocenters. The third kappa shape index (κ3) is 2.54. The molecule has 0 aromatic heterocycles. The van der Waals surface area contributed by atoms with Gasteiger partial charge in [0.1, 0.15) is 6.29 Å². The van der Waals surface area contributed by atoms with Crippen molar-refractivity contribution in [2.75, 3.05) is 0 Å². The van der Waals surface area contributed by atoms with Crippen LogP contribution in [0, 0.1) is 5.92 Å². The van der Waals surface area contributed by atoms with Gasteiger partial charge in [0.05, 0.1) is 5.92 Å². The van der Waals surface area contributed by atoms with E-state index < -0.39 is 11.9 Å². The highest BCUT2D eigenvalue weighted by Crippen LogP contribution is 2.20. The zero-order valence-corrected chi connectivity index (χ0v) is 7.27. The van der Waals surface area contributed by atoms with E-state index in [1.807, 2.05) is 12.2 Å². The molecule has 0 heterocycles.